The number of hydrogen-bond acceptors (Lipinski definition) is 3. The Kier molecular flexibility index (Phi) is 5.22. The smallest absolute Gasteiger partial charge is 0.273 e. The fourth-order valence-corrected chi connectivity index (χ4v) is 3.98. The third kappa shape index (κ3) is 3.22. The van der Waals surface area contributed by atoms with Gasteiger partial charge in [0.15, 0.2) is 0 Å². The fraction of sp³-hybridized carbons (Fsp3) is 0.273. The number of aromatic amines is 1. The monoisotopic (exact) mass is 439 g/mol. The summed E-state index contributed by atoms with van der Waals surface area (Å²) >= 11 is 3.50. The fourth-order valence-electron chi connectivity index (χ4n) is 3.72. The molecule has 0 saturated carbocycles. The lowest BCUT2D eigenvalue weighted by Gasteiger charge is -2.26. The third-order valence-electron chi connectivity index (χ3n) is 5.17. The molecule has 0 radical (unpaired) electrons. The molecule has 144 valence electrons. The van der Waals surface area contributed by atoms with Crippen LogP contribution in [0.2, 0.25) is 0 Å². The van der Waals surface area contributed by atoms with Crippen LogP contribution in [0.25, 0.3) is 11.3 Å². The van der Waals surface area contributed by atoms with Crippen molar-refractivity contribution in [3.63, 3.8) is 0 Å². The van der Waals surface area contributed by atoms with Crippen molar-refractivity contribution in [2.24, 2.45) is 0 Å². The van der Waals surface area contributed by atoms with Gasteiger partial charge >= 0.3 is 0 Å². The van der Waals surface area contributed by atoms with Crippen LogP contribution in [0.5, 0.6) is 5.75 Å². The topological polar surface area (TPSA) is 58.2 Å². The molecule has 1 aromatic heterocycles. The number of aromatic nitrogens is 2. The highest BCUT2D eigenvalue weighted by Gasteiger charge is 2.41. The number of rotatable bonds is 6. The maximum absolute atomic E-state index is 13.1. The molecule has 2 heterocycles. The zero-order valence-corrected chi connectivity index (χ0v) is 17.5. The van der Waals surface area contributed by atoms with Crippen molar-refractivity contribution in [1.82, 2.24) is 15.1 Å². The Bertz CT molecular complexity index is 980. The number of halogens is 1. The Morgan fingerprint density at radius 2 is 1.86 bits per heavy atom. The minimum absolute atomic E-state index is 0.0173. The first-order chi connectivity index (χ1) is 13.6. The third-order valence-corrected chi connectivity index (χ3v) is 5.69. The zero-order chi connectivity index (χ0) is 19.7. The molecule has 28 heavy (non-hydrogen) atoms. The first-order valence-corrected chi connectivity index (χ1v) is 10.2. The summed E-state index contributed by atoms with van der Waals surface area (Å²) in [5, 5.41) is 7.50. The van der Waals surface area contributed by atoms with Crippen molar-refractivity contribution in [1.29, 1.82) is 0 Å². The molecule has 1 N–H and O–H groups in total. The van der Waals surface area contributed by atoms with Crippen molar-refractivity contribution in [2.45, 2.75) is 25.8 Å². The number of fused-ring (bicyclic) bond motifs is 1. The Balaban J connectivity index is 1.82. The first-order valence-electron chi connectivity index (χ1n) is 9.43. The van der Waals surface area contributed by atoms with Crippen LogP contribution in [0.15, 0.2) is 53.0 Å². The maximum Gasteiger partial charge on any atom is 0.273 e. The molecule has 0 saturated heterocycles. The molecule has 0 spiro atoms. The predicted molar refractivity (Wildman–Crippen MR) is 113 cm³/mol. The largest absolute Gasteiger partial charge is 0.497 e. The van der Waals surface area contributed by atoms with Crippen LogP contribution >= 0.6 is 15.9 Å². The molecule has 1 aliphatic heterocycles. The summed E-state index contributed by atoms with van der Waals surface area (Å²) in [5.41, 5.74) is 4.41. The molecule has 3 aromatic rings. The summed E-state index contributed by atoms with van der Waals surface area (Å²) in [6.07, 6.45) is 2.00. The van der Waals surface area contributed by atoms with Crippen molar-refractivity contribution in [3.05, 3.63) is 69.8 Å². The van der Waals surface area contributed by atoms with Gasteiger partial charge in [0.25, 0.3) is 5.91 Å². The van der Waals surface area contributed by atoms with Gasteiger partial charge in [0, 0.05) is 22.1 Å². The van der Waals surface area contributed by atoms with Gasteiger partial charge in [0.1, 0.15) is 11.4 Å². The van der Waals surface area contributed by atoms with Gasteiger partial charge in [-0.2, -0.15) is 5.10 Å². The second kappa shape index (κ2) is 7.80. The van der Waals surface area contributed by atoms with Crippen LogP contribution in [-0.2, 0) is 0 Å². The molecule has 1 amide bonds. The van der Waals surface area contributed by atoms with E-state index in [0.717, 1.165) is 52.0 Å². The van der Waals surface area contributed by atoms with E-state index in [4.69, 9.17) is 4.74 Å². The van der Waals surface area contributed by atoms with Gasteiger partial charge in [0.05, 0.1) is 18.8 Å². The molecule has 1 aliphatic rings. The lowest BCUT2D eigenvalue weighted by Crippen LogP contribution is -2.30. The average Bonchev–Trinajstić information content (AvgIpc) is 3.26. The minimum atomic E-state index is -0.141. The summed E-state index contributed by atoms with van der Waals surface area (Å²) in [6.45, 7) is 2.86. The number of nitrogens with one attached hydrogen (secondary N) is 1. The summed E-state index contributed by atoms with van der Waals surface area (Å²) in [6, 6.07) is 15.8. The van der Waals surface area contributed by atoms with Crippen LogP contribution < -0.4 is 4.74 Å². The molecule has 0 bridgehead atoms. The zero-order valence-electron chi connectivity index (χ0n) is 15.9. The van der Waals surface area contributed by atoms with Gasteiger partial charge in [0.2, 0.25) is 0 Å². The molecule has 2 aromatic carbocycles. The van der Waals surface area contributed by atoms with E-state index in [1.165, 1.54) is 0 Å². The lowest BCUT2D eigenvalue weighted by molar-refractivity contribution is 0.0741. The summed E-state index contributed by atoms with van der Waals surface area (Å²) in [5.74, 6) is 0.810. The second-order valence-electron chi connectivity index (χ2n) is 6.90. The Labute approximate surface area is 172 Å². The number of ether oxygens (including phenoxy) is 1. The Morgan fingerprint density at radius 1 is 1.14 bits per heavy atom. The number of amides is 1. The highest BCUT2D eigenvalue weighted by molar-refractivity contribution is 9.10. The molecule has 5 nitrogen and oxygen atoms in total. The van der Waals surface area contributed by atoms with E-state index in [1.54, 1.807) is 7.11 Å². The first kappa shape index (κ1) is 18.7. The van der Waals surface area contributed by atoms with Gasteiger partial charge in [-0.25, -0.2) is 0 Å². The van der Waals surface area contributed by atoms with E-state index in [0.29, 0.717) is 5.69 Å². The summed E-state index contributed by atoms with van der Waals surface area (Å²) < 4.78 is 6.28. The quantitative estimate of drug-likeness (QED) is 0.574. The van der Waals surface area contributed by atoms with Crippen molar-refractivity contribution >= 4 is 21.8 Å². The summed E-state index contributed by atoms with van der Waals surface area (Å²) in [4.78, 5) is 15.1. The molecule has 0 fully saturated rings. The lowest BCUT2D eigenvalue weighted by atomic mass is 9.96. The summed E-state index contributed by atoms with van der Waals surface area (Å²) in [7, 11) is 1.65. The number of carbonyl (C=O) groups is 1. The molecule has 1 unspecified atom stereocenters. The molecular formula is C22H22BrN3O2. The van der Waals surface area contributed by atoms with E-state index in [9.17, 15) is 4.79 Å². The van der Waals surface area contributed by atoms with E-state index >= 15 is 0 Å². The number of nitrogens with zero attached hydrogens (tertiary/aromatic N) is 2. The van der Waals surface area contributed by atoms with Crippen LogP contribution in [0.4, 0.5) is 0 Å². The van der Waals surface area contributed by atoms with Gasteiger partial charge < -0.3 is 9.64 Å². The molecule has 1 atom stereocenters. The normalized spacial score (nSPS) is 15.8. The van der Waals surface area contributed by atoms with E-state index in [-0.39, 0.29) is 11.9 Å². The number of unbranched alkanes of at least 4 members (excludes halogenated alkanes) is 1. The minimum Gasteiger partial charge on any atom is -0.497 e. The van der Waals surface area contributed by atoms with Crippen molar-refractivity contribution in [3.8, 4) is 17.0 Å². The highest BCUT2D eigenvalue weighted by Crippen LogP contribution is 2.43. The number of hydrogen-bond donors (Lipinski definition) is 1. The Hall–Kier alpha value is -2.60. The van der Waals surface area contributed by atoms with E-state index < -0.39 is 0 Å². The standard InChI is InChI=1S/C22H22BrN3O2/c1-3-4-13-26-21(15-5-9-16(23)10-6-15)18-19(24-25-20(18)22(26)27)14-7-11-17(28-2)12-8-14/h5-12,21H,3-4,13H2,1-2H3,(H,24,25). The Morgan fingerprint density at radius 3 is 2.50 bits per heavy atom. The molecule has 6 heteroatoms. The number of methoxy groups -OCH3 is 1. The van der Waals surface area contributed by atoms with Crippen LogP contribution in [0, 0.1) is 0 Å². The maximum atomic E-state index is 13.1. The van der Waals surface area contributed by atoms with Crippen LogP contribution in [-0.4, -0.2) is 34.7 Å². The second-order valence-corrected chi connectivity index (χ2v) is 7.81. The average molecular weight is 440 g/mol. The molecule has 4 rings (SSSR count). The highest BCUT2D eigenvalue weighted by atomic mass is 79.9. The van der Waals surface area contributed by atoms with Gasteiger partial charge in [-0.15, -0.1) is 0 Å². The number of carbonyl (C=O) groups excluding carboxylic acids is 1. The van der Waals surface area contributed by atoms with E-state index in [2.05, 4.69) is 45.2 Å². The van der Waals surface area contributed by atoms with E-state index in [1.807, 2.05) is 41.3 Å². The van der Waals surface area contributed by atoms with Crippen LogP contribution in [0.1, 0.15) is 47.4 Å². The number of H-pyrrole nitrogens is 1. The van der Waals surface area contributed by atoms with Gasteiger partial charge in [-0.1, -0.05) is 41.4 Å². The van der Waals surface area contributed by atoms with Crippen LogP contribution in [0.3, 0.4) is 0 Å². The van der Waals surface area contributed by atoms with Gasteiger partial charge in [-0.05, 0) is 48.4 Å². The number of benzene rings is 2. The SMILES string of the molecule is CCCCN1C(=O)c2[nH]nc(-c3ccc(OC)cc3)c2C1c1ccc(Br)cc1. The molecular weight excluding hydrogens is 418 g/mol. The predicted octanol–water partition coefficient (Wildman–Crippen LogP) is 5.19. The van der Waals surface area contributed by atoms with Crippen molar-refractivity contribution < 1.29 is 9.53 Å². The molecule has 0 aliphatic carbocycles. The van der Waals surface area contributed by atoms with Crippen molar-refractivity contribution in [2.75, 3.05) is 13.7 Å². The van der Waals surface area contributed by atoms with Gasteiger partial charge in [-0.3, -0.25) is 9.89 Å².